The number of nitro groups is 1. The van der Waals surface area contributed by atoms with Crippen LogP contribution in [0.1, 0.15) is 34.9 Å². The number of rotatable bonds is 4. The number of halogens is 1. The van der Waals surface area contributed by atoms with E-state index in [0.29, 0.717) is 17.9 Å². The van der Waals surface area contributed by atoms with Gasteiger partial charge in [0.15, 0.2) is 5.69 Å². The Kier molecular flexibility index (Phi) is 4.95. The van der Waals surface area contributed by atoms with E-state index in [1.54, 1.807) is 24.4 Å². The Bertz CT molecular complexity index is 1030. The number of carbonyl (C=O) groups excluding carboxylic acids is 1. The topological polar surface area (TPSA) is 81.3 Å². The first-order chi connectivity index (χ1) is 13.5. The molecule has 3 aromatic rings. The first-order valence-electron chi connectivity index (χ1n) is 8.90. The van der Waals surface area contributed by atoms with E-state index >= 15 is 0 Å². The smallest absolute Gasteiger partial charge is 0.274 e. The summed E-state index contributed by atoms with van der Waals surface area (Å²) < 4.78 is 2.49. The summed E-state index contributed by atoms with van der Waals surface area (Å²) in [7, 11) is 0. The van der Waals surface area contributed by atoms with E-state index in [4.69, 9.17) is 0 Å². The van der Waals surface area contributed by atoms with Crippen molar-refractivity contribution < 1.29 is 9.72 Å². The normalized spacial score (nSPS) is 16.3. The third-order valence-electron chi connectivity index (χ3n) is 4.88. The molecule has 1 atom stereocenters. The number of non-ortho nitro benzene ring substituents is 1. The van der Waals surface area contributed by atoms with Crippen LogP contribution < -0.4 is 0 Å². The molecule has 1 saturated heterocycles. The van der Waals surface area contributed by atoms with Crippen molar-refractivity contribution in [2.75, 3.05) is 6.54 Å². The van der Waals surface area contributed by atoms with Crippen LogP contribution in [0.15, 0.2) is 65.3 Å². The van der Waals surface area contributed by atoms with Crippen LogP contribution in [0, 0.1) is 10.1 Å². The fourth-order valence-electron chi connectivity index (χ4n) is 3.52. The summed E-state index contributed by atoms with van der Waals surface area (Å²) in [5, 5.41) is 15.3. The van der Waals surface area contributed by atoms with Gasteiger partial charge in [-0.1, -0.05) is 34.1 Å². The zero-order valence-electron chi connectivity index (χ0n) is 14.9. The molecule has 0 saturated carbocycles. The highest BCUT2D eigenvalue weighted by Crippen LogP contribution is 2.33. The predicted octanol–water partition coefficient (Wildman–Crippen LogP) is 4.52. The Morgan fingerprint density at radius 2 is 1.96 bits per heavy atom. The van der Waals surface area contributed by atoms with E-state index in [0.717, 1.165) is 22.9 Å². The number of benzene rings is 2. The second-order valence-corrected chi connectivity index (χ2v) is 7.55. The van der Waals surface area contributed by atoms with Crippen LogP contribution in [0.2, 0.25) is 0 Å². The van der Waals surface area contributed by atoms with Gasteiger partial charge in [-0.25, -0.2) is 4.68 Å². The van der Waals surface area contributed by atoms with Crippen molar-refractivity contribution in [3.63, 3.8) is 0 Å². The molecule has 1 aromatic heterocycles. The van der Waals surface area contributed by atoms with E-state index in [1.807, 2.05) is 29.2 Å². The zero-order valence-corrected chi connectivity index (χ0v) is 16.4. The zero-order chi connectivity index (χ0) is 19.7. The monoisotopic (exact) mass is 440 g/mol. The van der Waals surface area contributed by atoms with Crippen LogP contribution in [-0.2, 0) is 0 Å². The lowest BCUT2D eigenvalue weighted by atomic mass is 10.0. The minimum atomic E-state index is -0.452. The van der Waals surface area contributed by atoms with Crippen molar-refractivity contribution in [3.05, 3.63) is 86.6 Å². The molecule has 4 rings (SSSR count). The van der Waals surface area contributed by atoms with Crippen LogP contribution >= 0.6 is 15.9 Å². The molecule has 1 aliphatic heterocycles. The standard InChI is InChI=1S/C20H17BrN4O3/c21-15-8-6-14(7-9-15)19-5-2-11-23(19)20(26)18-10-12-24(22-18)16-3-1-4-17(13-16)25(27)28/h1,3-4,6-10,12-13,19H,2,5,11H2. The van der Waals surface area contributed by atoms with Gasteiger partial charge in [0.1, 0.15) is 0 Å². The lowest BCUT2D eigenvalue weighted by molar-refractivity contribution is -0.384. The Morgan fingerprint density at radius 1 is 1.18 bits per heavy atom. The van der Waals surface area contributed by atoms with E-state index < -0.39 is 4.92 Å². The summed E-state index contributed by atoms with van der Waals surface area (Å²) in [6.45, 7) is 0.684. The maximum Gasteiger partial charge on any atom is 0.274 e. The van der Waals surface area contributed by atoms with Gasteiger partial charge < -0.3 is 4.90 Å². The quantitative estimate of drug-likeness (QED) is 0.441. The minimum Gasteiger partial charge on any atom is -0.330 e. The van der Waals surface area contributed by atoms with Crippen LogP contribution in [0.25, 0.3) is 5.69 Å². The second-order valence-electron chi connectivity index (χ2n) is 6.63. The van der Waals surface area contributed by atoms with E-state index in [2.05, 4.69) is 21.0 Å². The minimum absolute atomic E-state index is 0.0179. The Morgan fingerprint density at radius 3 is 2.71 bits per heavy atom. The predicted molar refractivity (Wildman–Crippen MR) is 107 cm³/mol. The van der Waals surface area contributed by atoms with Gasteiger partial charge in [0.05, 0.1) is 16.7 Å². The highest BCUT2D eigenvalue weighted by atomic mass is 79.9. The molecule has 1 aliphatic rings. The number of nitro benzene ring substituents is 1. The number of likely N-dealkylation sites (tertiary alicyclic amines) is 1. The fraction of sp³-hybridized carbons (Fsp3) is 0.200. The van der Waals surface area contributed by atoms with Crippen LogP contribution in [0.4, 0.5) is 5.69 Å². The molecule has 8 heteroatoms. The van der Waals surface area contributed by atoms with E-state index in [9.17, 15) is 14.9 Å². The van der Waals surface area contributed by atoms with Crippen molar-refractivity contribution in [1.29, 1.82) is 0 Å². The number of carbonyl (C=O) groups is 1. The average molecular weight is 441 g/mol. The molecule has 1 amide bonds. The highest BCUT2D eigenvalue weighted by Gasteiger charge is 2.31. The second kappa shape index (κ2) is 7.55. The Hall–Kier alpha value is -3.00. The molecule has 0 spiro atoms. The third kappa shape index (κ3) is 3.55. The summed E-state index contributed by atoms with van der Waals surface area (Å²) in [4.78, 5) is 25.4. The first-order valence-corrected chi connectivity index (χ1v) is 9.69. The average Bonchev–Trinajstić information content (AvgIpc) is 3.38. The molecule has 7 nitrogen and oxygen atoms in total. The first kappa shape index (κ1) is 18.4. The molecule has 0 bridgehead atoms. The van der Waals surface area contributed by atoms with Gasteiger partial charge in [-0.2, -0.15) is 5.10 Å². The third-order valence-corrected chi connectivity index (χ3v) is 5.41. The maximum atomic E-state index is 13.1. The molecular weight excluding hydrogens is 424 g/mol. The molecule has 1 unspecified atom stereocenters. The summed E-state index contributed by atoms with van der Waals surface area (Å²) >= 11 is 3.44. The van der Waals surface area contributed by atoms with Gasteiger partial charge in [-0.05, 0) is 42.7 Å². The Balaban J connectivity index is 1.58. The molecule has 2 aromatic carbocycles. The van der Waals surface area contributed by atoms with Crippen LogP contribution in [-0.4, -0.2) is 32.1 Å². The van der Waals surface area contributed by atoms with Gasteiger partial charge in [0, 0.05) is 29.3 Å². The van der Waals surface area contributed by atoms with E-state index in [1.165, 1.54) is 16.8 Å². The van der Waals surface area contributed by atoms with Crippen molar-refractivity contribution >= 4 is 27.5 Å². The number of amides is 1. The molecule has 0 N–H and O–H groups in total. The number of hydrogen-bond acceptors (Lipinski definition) is 4. The van der Waals surface area contributed by atoms with Crippen molar-refractivity contribution in [2.45, 2.75) is 18.9 Å². The molecule has 142 valence electrons. The molecular formula is C20H17BrN4O3. The molecule has 2 heterocycles. The summed E-state index contributed by atoms with van der Waals surface area (Å²) in [6.07, 6.45) is 3.51. The van der Waals surface area contributed by atoms with Gasteiger partial charge in [-0.15, -0.1) is 0 Å². The highest BCUT2D eigenvalue weighted by molar-refractivity contribution is 9.10. The largest absolute Gasteiger partial charge is 0.330 e. The maximum absolute atomic E-state index is 13.1. The molecule has 28 heavy (non-hydrogen) atoms. The van der Waals surface area contributed by atoms with Gasteiger partial charge in [-0.3, -0.25) is 14.9 Å². The van der Waals surface area contributed by atoms with E-state index in [-0.39, 0.29) is 17.6 Å². The SMILES string of the molecule is O=C(c1ccn(-c2cccc([N+](=O)[O-])c2)n1)N1CCCC1c1ccc(Br)cc1. The van der Waals surface area contributed by atoms with Gasteiger partial charge in [0.2, 0.25) is 0 Å². The number of hydrogen-bond donors (Lipinski definition) is 0. The lowest BCUT2D eigenvalue weighted by Crippen LogP contribution is -2.31. The van der Waals surface area contributed by atoms with Gasteiger partial charge in [0.25, 0.3) is 11.6 Å². The van der Waals surface area contributed by atoms with Crippen molar-refractivity contribution in [3.8, 4) is 5.69 Å². The van der Waals surface area contributed by atoms with Crippen LogP contribution in [0.5, 0.6) is 0 Å². The Labute approximate surface area is 169 Å². The number of aromatic nitrogens is 2. The van der Waals surface area contributed by atoms with Crippen molar-refractivity contribution in [2.24, 2.45) is 0 Å². The fourth-order valence-corrected chi connectivity index (χ4v) is 3.78. The summed E-state index contributed by atoms with van der Waals surface area (Å²) in [6, 6.07) is 15.9. The molecule has 0 aliphatic carbocycles. The lowest BCUT2D eigenvalue weighted by Gasteiger charge is -2.24. The molecule has 1 fully saturated rings. The molecule has 0 radical (unpaired) electrons. The van der Waals surface area contributed by atoms with Gasteiger partial charge >= 0.3 is 0 Å². The van der Waals surface area contributed by atoms with Crippen molar-refractivity contribution in [1.82, 2.24) is 14.7 Å². The number of nitrogens with zero attached hydrogens (tertiary/aromatic N) is 4. The summed E-state index contributed by atoms with van der Waals surface area (Å²) in [5.74, 6) is -0.130. The summed E-state index contributed by atoms with van der Waals surface area (Å²) in [5.41, 5.74) is 1.96. The van der Waals surface area contributed by atoms with Crippen LogP contribution in [0.3, 0.4) is 0 Å².